The summed E-state index contributed by atoms with van der Waals surface area (Å²) >= 11 is 0. The van der Waals surface area contributed by atoms with Gasteiger partial charge >= 0.3 is 5.97 Å². The Labute approximate surface area is 98.6 Å². The Morgan fingerprint density at radius 2 is 1.81 bits per heavy atom. The fourth-order valence-corrected chi connectivity index (χ4v) is 1.68. The van der Waals surface area contributed by atoms with E-state index in [1.807, 2.05) is 6.92 Å². The van der Waals surface area contributed by atoms with E-state index in [2.05, 4.69) is 11.7 Å². The molecule has 1 unspecified atom stereocenters. The van der Waals surface area contributed by atoms with E-state index in [1.165, 1.54) is 20.0 Å². The van der Waals surface area contributed by atoms with Crippen LogP contribution in [0, 0.1) is 5.92 Å². The Kier molecular flexibility index (Phi) is 8.87. The van der Waals surface area contributed by atoms with Gasteiger partial charge in [0, 0.05) is 19.3 Å². The third-order valence-corrected chi connectivity index (χ3v) is 2.63. The highest BCUT2D eigenvalue weighted by atomic mass is 16.5. The van der Waals surface area contributed by atoms with Gasteiger partial charge in [0.05, 0.1) is 7.11 Å². The number of hydrogen-bond donors (Lipinski definition) is 0. The van der Waals surface area contributed by atoms with Gasteiger partial charge in [-0.2, -0.15) is 0 Å². The molecule has 0 aliphatic carbocycles. The molecule has 3 nitrogen and oxygen atoms in total. The third-order valence-electron chi connectivity index (χ3n) is 2.63. The molecule has 0 radical (unpaired) electrons. The first-order valence-corrected chi connectivity index (χ1v) is 6.18. The van der Waals surface area contributed by atoms with Crippen molar-refractivity contribution in [1.29, 1.82) is 0 Å². The van der Waals surface area contributed by atoms with Crippen LogP contribution in [0.5, 0.6) is 0 Å². The monoisotopic (exact) mass is 228 g/mol. The van der Waals surface area contributed by atoms with Crippen LogP contribution in [0.3, 0.4) is 0 Å². The molecule has 0 aromatic heterocycles. The van der Waals surface area contributed by atoms with Crippen LogP contribution < -0.4 is 0 Å². The molecule has 0 N–H and O–H groups in total. The predicted octanol–water partition coefficient (Wildman–Crippen LogP) is 3.12. The summed E-state index contributed by atoms with van der Waals surface area (Å²) in [5.41, 5.74) is 0. The van der Waals surface area contributed by atoms with Crippen molar-refractivity contribution in [3.05, 3.63) is 0 Å². The van der Waals surface area contributed by atoms with Gasteiger partial charge in [0.15, 0.2) is 0 Å². The van der Waals surface area contributed by atoms with Crippen LogP contribution in [0.15, 0.2) is 0 Å². The zero-order valence-corrected chi connectivity index (χ0v) is 10.8. The van der Waals surface area contributed by atoms with Gasteiger partial charge in [0.2, 0.25) is 0 Å². The van der Waals surface area contributed by atoms with Crippen LogP contribution in [0.4, 0.5) is 0 Å². The summed E-state index contributed by atoms with van der Waals surface area (Å²) in [6.07, 6.45) is 6.01. The zero-order chi connectivity index (χ0) is 12.4. The molecule has 0 spiro atoms. The quantitative estimate of drug-likeness (QED) is 0.450. The summed E-state index contributed by atoms with van der Waals surface area (Å²) in [5.74, 6) is 0.143. The van der Waals surface area contributed by atoms with Crippen LogP contribution in [0.2, 0.25) is 0 Å². The molecule has 0 amide bonds. The van der Waals surface area contributed by atoms with Crippen LogP contribution in [-0.4, -0.2) is 18.9 Å². The van der Waals surface area contributed by atoms with Crippen molar-refractivity contribution in [2.45, 2.75) is 58.8 Å². The zero-order valence-electron chi connectivity index (χ0n) is 10.8. The highest BCUT2D eigenvalue weighted by Crippen LogP contribution is 2.12. The summed E-state index contributed by atoms with van der Waals surface area (Å²) in [6, 6.07) is 0. The van der Waals surface area contributed by atoms with E-state index in [9.17, 15) is 9.59 Å². The van der Waals surface area contributed by atoms with Crippen molar-refractivity contribution in [3.63, 3.8) is 0 Å². The van der Waals surface area contributed by atoms with Gasteiger partial charge in [-0.1, -0.05) is 33.1 Å². The van der Waals surface area contributed by atoms with E-state index >= 15 is 0 Å². The van der Waals surface area contributed by atoms with Crippen LogP contribution in [-0.2, 0) is 14.3 Å². The van der Waals surface area contributed by atoms with Crippen molar-refractivity contribution in [1.82, 2.24) is 0 Å². The molecule has 0 saturated carbocycles. The van der Waals surface area contributed by atoms with E-state index in [-0.39, 0.29) is 17.7 Å². The van der Waals surface area contributed by atoms with Gasteiger partial charge in [-0.15, -0.1) is 0 Å². The summed E-state index contributed by atoms with van der Waals surface area (Å²) in [6.45, 7) is 4.07. The molecule has 94 valence electrons. The largest absolute Gasteiger partial charge is 0.469 e. The van der Waals surface area contributed by atoms with Crippen molar-refractivity contribution in [2.24, 2.45) is 5.92 Å². The van der Waals surface area contributed by atoms with Crippen molar-refractivity contribution in [3.8, 4) is 0 Å². The topological polar surface area (TPSA) is 43.4 Å². The molecule has 0 aliphatic rings. The van der Waals surface area contributed by atoms with Crippen molar-refractivity contribution >= 4 is 11.8 Å². The third kappa shape index (κ3) is 8.45. The van der Waals surface area contributed by atoms with Crippen LogP contribution in [0.1, 0.15) is 58.8 Å². The molecule has 3 heteroatoms. The maximum atomic E-state index is 11.5. The Morgan fingerprint density at radius 1 is 1.12 bits per heavy atom. The molecule has 0 aromatic carbocycles. The lowest BCUT2D eigenvalue weighted by molar-refractivity contribution is -0.141. The standard InChI is InChI=1S/C13H24O3/c1-4-5-6-7-8-12(14)9-11(2)10-13(15)16-3/h11H,4-10H2,1-3H3. The molecular formula is C13H24O3. The Balaban J connectivity index is 3.58. The molecule has 16 heavy (non-hydrogen) atoms. The molecule has 0 bridgehead atoms. The molecule has 0 fully saturated rings. The Morgan fingerprint density at radius 3 is 2.38 bits per heavy atom. The smallest absolute Gasteiger partial charge is 0.305 e. The molecule has 1 atom stereocenters. The highest BCUT2D eigenvalue weighted by Gasteiger charge is 2.13. The molecule has 0 aromatic rings. The van der Waals surface area contributed by atoms with Gasteiger partial charge < -0.3 is 4.74 Å². The van der Waals surface area contributed by atoms with Crippen LogP contribution in [0.25, 0.3) is 0 Å². The number of rotatable bonds is 9. The van der Waals surface area contributed by atoms with E-state index < -0.39 is 0 Å². The first-order valence-electron chi connectivity index (χ1n) is 6.18. The Bertz CT molecular complexity index is 211. The lowest BCUT2D eigenvalue weighted by Gasteiger charge is -2.08. The average Bonchev–Trinajstić information content (AvgIpc) is 2.24. The lowest BCUT2D eigenvalue weighted by Crippen LogP contribution is -2.11. The normalized spacial score (nSPS) is 12.2. The van der Waals surface area contributed by atoms with Gasteiger partial charge in [-0.3, -0.25) is 9.59 Å². The lowest BCUT2D eigenvalue weighted by atomic mass is 9.98. The molecule has 0 saturated heterocycles. The highest BCUT2D eigenvalue weighted by molar-refractivity contribution is 5.79. The molecule has 0 aliphatic heterocycles. The first-order chi connectivity index (χ1) is 7.60. The second-order valence-electron chi connectivity index (χ2n) is 4.44. The number of ether oxygens (including phenoxy) is 1. The van der Waals surface area contributed by atoms with Crippen LogP contribution >= 0.6 is 0 Å². The summed E-state index contributed by atoms with van der Waals surface area (Å²) < 4.78 is 4.57. The van der Waals surface area contributed by atoms with E-state index in [0.717, 1.165) is 12.8 Å². The molecular weight excluding hydrogens is 204 g/mol. The van der Waals surface area contributed by atoms with Gasteiger partial charge in [-0.25, -0.2) is 0 Å². The number of carbonyl (C=O) groups is 2. The average molecular weight is 228 g/mol. The second-order valence-corrected chi connectivity index (χ2v) is 4.44. The SMILES string of the molecule is CCCCCCC(=O)CC(C)CC(=O)OC. The number of hydrogen-bond acceptors (Lipinski definition) is 3. The number of unbranched alkanes of at least 4 members (excludes halogenated alkanes) is 3. The molecule has 0 heterocycles. The van der Waals surface area contributed by atoms with Crippen molar-refractivity contribution in [2.75, 3.05) is 7.11 Å². The van der Waals surface area contributed by atoms with E-state index in [0.29, 0.717) is 19.3 Å². The Hall–Kier alpha value is -0.860. The van der Waals surface area contributed by atoms with Gasteiger partial charge in [0.1, 0.15) is 5.78 Å². The number of esters is 1. The van der Waals surface area contributed by atoms with E-state index in [4.69, 9.17) is 0 Å². The summed E-state index contributed by atoms with van der Waals surface area (Å²) in [7, 11) is 1.38. The minimum atomic E-state index is -0.230. The maximum Gasteiger partial charge on any atom is 0.305 e. The number of carbonyl (C=O) groups excluding carboxylic acids is 2. The minimum Gasteiger partial charge on any atom is -0.469 e. The minimum absolute atomic E-state index is 0.103. The summed E-state index contributed by atoms with van der Waals surface area (Å²) in [4.78, 5) is 22.5. The number of methoxy groups -OCH3 is 1. The predicted molar refractivity (Wildman–Crippen MR) is 64.2 cm³/mol. The molecule has 0 rings (SSSR count). The van der Waals surface area contributed by atoms with E-state index in [1.54, 1.807) is 0 Å². The number of Topliss-reactive ketones (excluding diaryl/α,β-unsaturated/α-hetero) is 1. The van der Waals surface area contributed by atoms with Crippen molar-refractivity contribution < 1.29 is 14.3 Å². The second kappa shape index (κ2) is 9.37. The van der Waals surface area contributed by atoms with Gasteiger partial charge in [-0.05, 0) is 12.3 Å². The maximum absolute atomic E-state index is 11.5. The fourth-order valence-electron chi connectivity index (χ4n) is 1.68. The fraction of sp³-hybridized carbons (Fsp3) is 0.846. The summed E-state index contributed by atoms with van der Waals surface area (Å²) in [5, 5.41) is 0. The number of ketones is 1. The van der Waals surface area contributed by atoms with Gasteiger partial charge in [0.25, 0.3) is 0 Å². The first kappa shape index (κ1) is 15.1.